The maximum atomic E-state index is 2.30. The van der Waals surface area contributed by atoms with Gasteiger partial charge >= 0.3 is 0 Å². The van der Waals surface area contributed by atoms with Crippen molar-refractivity contribution in [2.45, 2.75) is 13.8 Å². The van der Waals surface area contributed by atoms with Gasteiger partial charge in [-0.3, -0.25) is 0 Å². The average molecular weight is 990 g/mol. The summed E-state index contributed by atoms with van der Waals surface area (Å²) in [5, 5.41) is 5.63. The van der Waals surface area contributed by atoms with Crippen LogP contribution in [0.1, 0.15) is 11.1 Å². The number of aryl methyl sites for hydroxylation is 2. The van der Waals surface area contributed by atoms with Crippen molar-refractivity contribution < 1.29 is 119 Å². The molecule has 0 heterocycles. The van der Waals surface area contributed by atoms with Crippen molar-refractivity contribution in [2.75, 3.05) is 0 Å². The predicted molar refractivity (Wildman–Crippen MR) is 137 cm³/mol. The predicted octanol–water partition coefficient (Wildman–Crippen LogP) is 3.58. The van der Waals surface area contributed by atoms with Crippen LogP contribution in [0.15, 0.2) is 97.1 Å². The third-order valence-corrected chi connectivity index (χ3v) is 7.52. The first kappa shape index (κ1) is 36.3. The Labute approximate surface area is 285 Å². The van der Waals surface area contributed by atoms with Crippen molar-refractivity contribution in [1.82, 2.24) is 0 Å². The Bertz CT molecular complexity index is 1010. The summed E-state index contributed by atoms with van der Waals surface area (Å²) in [4.78, 5) is 0. The zero-order chi connectivity index (χ0) is 19.3. The molecule has 0 spiro atoms. The van der Waals surface area contributed by atoms with Gasteiger partial charge in [0.15, 0.2) is 0 Å². The summed E-state index contributed by atoms with van der Waals surface area (Å²) in [6.45, 7) is 4.49. The normalized spacial score (nSPS) is 9.88. The van der Waals surface area contributed by atoms with Gasteiger partial charge in [0, 0.05) is 108 Å². The van der Waals surface area contributed by atoms with Crippen LogP contribution < -0.4 is 21.2 Å². The zero-order valence-electron chi connectivity index (χ0n) is 18.7. The van der Waals surface area contributed by atoms with E-state index >= 15 is 0 Å². The van der Waals surface area contributed by atoms with E-state index in [0.29, 0.717) is 17.2 Å². The second-order valence-electron chi connectivity index (χ2n) is 6.98. The quantitative estimate of drug-likeness (QED) is 0.217. The molecule has 0 saturated carbocycles. The van der Waals surface area contributed by atoms with Gasteiger partial charge in [-0.2, -0.15) is 0 Å². The fourth-order valence-electron chi connectivity index (χ4n) is 3.56. The molecule has 7 heteroatoms. The van der Waals surface area contributed by atoms with Crippen molar-refractivity contribution in [3.05, 3.63) is 108 Å². The molecule has 168 valence electrons. The molecule has 0 aliphatic carbocycles. The largest absolute Gasteiger partial charge is 0.412 e. The van der Waals surface area contributed by atoms with Crippen molar-refractivity contribution in [1.29, 1.82) is 0 Å². The summed E-state index contributed by atoms with van der Waals surface area (Å²) in [6, 6.07) is 35.1. The van der Waals surface area contributed by atoms with E-state index in [0.717, 1.165) is 0 Å². The van der Waals surface area contributed by atoms with E-state index in [-0.39, 0.29) is 119 Å². The molecular formula is C26H28Ac2O2P2Ru. The van der Waals surface area contributed by atoms with Gasteiger partial charge in [-0.05, 0) is 57.3 Å². The molecule has 0 aliphatic rings. The number of benzene rings is 4. The molecule has 0 amide bonds. The molecule has 0 fully saturated rings. The van der Waals surface area contributed by atoms with E-state index in [1.807, 2.05) is 0 Å². The van der Waals surface area contributed by atoms with Crippen molar-refractivity contribution in [2.24, 2.45) is 0 Å². The minimum absolute atomic E-state index is 0. The molecule has 2 atom stereocenters. The van der Waals surface area contributed by atoms with Crippen LogP contribution in [0, 0.1) is 102 Å². The van der Waals surface area contributed by atoms with Crippen LogP contribution in [0.2, 0.25) is 0 Å². The molecule has 2 unspecified atom stereocenters. The van der Waals surface area contributed by atoms with Crippen LogP contribution in [0.4, 0.5) is 0 Å². The van der Waals surface area contributed by atoms with Gasteiger partial charge in [-0.1, -0.05) is 114 Å². The first-order valence-electron chi connectivity index (χ1n) is 9.56. The first-order valence-corrected chi connectivity index (χ1v) is 11.6. The fraction of sp³-hybridized carbons (Fsp3) is 0.0769. The SMILES string of the molecule is Cc1cccc(Pc2ccccc2)c1-c1c(C)cccc1Pc1ccccc1.O.O.[Ac].[Ac].[Ru]. The number of hydrogen-bond acceptors (Lipinski definition) is 0. The standard InChI is InChI=1S/C26H24P2.2Ac.2H2O.Ru/c1-19-11-9-17-23(27-21-13-5-3-6-14-21)25(19)26-20(2)12-10-18-24(26)28-22-15-7-4-8-16-22;;;;;/h3-18,27-28H,1-2H3;;;2*1H2;. The van der Waals surface area contributed by atoms with Gasteiger partial charge in [-0.15, -0.1) is 0 Å². The summed E-state index contributed by atoms with van der Waals surface area (Å²) in [5.74, 6) is 0. The van der Waals surface area contributed by atoms with Gasteiger partial charge in [0.25, 0.3) is 0 Å². The molecule has 0 bridgehead atoms. The molecule has 2 nitrogen and oxygen atoms in total. The average Bonchev–Trinajstić information content (AvgIpc) is 2.71. The third kappa shape index (κ3) is 9.86. The monoisotopic (exact) mass is 990 g/mol. The fourth-order valence-corrected chi connectivity index (χ4v) is 6.16. The third-order valence-electron chi connectivity index (χ3n) is 4.90. The molecule has 2 radical (unpaired) electrons. The summed E-state index contributed by atoms with van der Waals surface area (Å²) in [5.41, 5.74) is 5.55. The van der Waals surface area contributed by atoms with E-state index in [4.69, 9.17) is 0 Å². The Kier molecular flexibility index (Phi) is 20.3. The molecule has 0 aromatic heterocycles. The Morgan fingerprint density at radius 3 is 1.12 bits per heavy atom. The van der Waals surface area contributed by atoms with Crippen molar-refractivity contribution in [3.63, 3.8) is 0 Å². The maximum Gasteiger partial charge on any atom is 0 e. The van der Waals surface area contributed by atoms with Crippen molar-refractivity contribution in [3.8, 4) is 11.1 Å². The van der Waals surface area contributed by atoms with Gasteiger partial charge in [0.05, 0.1) is 0 Å². The van der Waals surface area contributed by atoms with Crippen molar-refractivity contribution >= 4 is 38.4 Å². The zero-order valence-corrected chi connectivity index (χ0v) is 32.0. The van der Waals surface area contributed by atoms with Crippen LogP contribution in [0.25, 0.3) is 11.1 Å². The van der Waals surface area contributed by atoms with Gasteiger partial charge in [0.2, 0.25) is 0 Å². The van der Waals surface area contributed by atoms with Crippen LogP contribution in [-0.2, 0) is 19.5 Å². The van der Waals surface area contributed by atoms with E-state index in [9.17, 15) is 0 Å². The minimum atomic E-state index is 0. The van der Waals surface area contributed by atoms with E-state index < -0.39 is 0 Å². The summed E-state index contributed by atoms with van der Waals surface area (Å²) in [6.07, 6.45) is 0. The smallest absolute Gasteiger partial charge is 0 e. The Morgan fingerprint density at radius 2 is 0.788 bits per heavy atom. The first-order chi connectivity index (χ1) is 13.7. The van der Waals surface area contributed by atoms with Crippen LogP contribution in [-0.4, -0.2) is 11.0 Å². The van der Waals surface area contributed by atoms with E-state index in [1.165, 1.54) is 43.5 Å². The Balaban J connectivity index is 0. The molecule has 0 aliphatic heterocycles. The minimum Gasteiger partial charge on any atom is -0.412 e. The van der Waals surface area contributed by atoms with Gasteiger partial charge in [-0.25, -0.2) is 0 Å². The van der Waals surface area contributed by atoms with E-state index in [1.54, 1.807) is 0 Å². The molecule has 4 rings (SSSR count). The van der Waals surface area contributed by atoms with Crippen LogP contribution in [0.3, 0.4) is 0 Å². The molecule has 33 heavy (non-hydrogen) atoms. The summed E-state index contributed by atoms with van der Waals surface area (Å²) in [7, 11) is 1.32. The van der Waals surface area contributed by atoms with E-state index in [2.05, 4.69) is 111 Å². The second-order valence-corrected chi connectivity index (χ2v) is 9.71. The number of hydrogen-bond donors (Lipinski definition) is 0. The summed E-state index contributed by atoms with van der Waals surface area (Å²) < 4.78 is 0. The summed E-state index contributed by atoms with van der Waals surface area (Å²) >= 11 is 0. The number of rotatable bonds is 5. The molecule has 4 N–H and O–H groups in total. The maximum absolute atomic E-state index is 2.30. The molecular weight excluding hydrogens is 961 g/mol. The molecule has 0 saturated heterocycles. The second kappa shape index (κ2) is 18.4. The van der Waals surface area contributed by atoms with Gasteiger partial charge < -0.3 is 11.0 Å². The Hall–Kier alpha value is 1.17. The van der Waals surface area contributed by atoms with Crippen LogP contribution >= 0.6 is 17.2 Å². The van der Waals surface area contributed by atoms with Crippen LogP contribution in [0.5, 0.6) is 0 Å². The molecule has 4 aromatic rings. The van der Waals surface area contributed by atoms with Gasteiger partial charge in [0.1, 0.15) is 0 Å². The Morgan fingerprint density at radius 1 is 0.455 bits per heavy atom. The topological polar surface area (TPSA) is 63.0 Å². The molecule has 4 aromatic carbocycles.